The molecule has 2 rings (SSSR count). The third-order valence-corrected chi connectivity index (χ3v) is 4.47. The lowest BCUT2D eigenvalue weighted by Crippen LogP contribution is -2.54. The lowest BCUT2D eigenvalue weighted by molar-refractivity contribution is -0.0473. The Morgan fingerprint density at radius 2 is 2.21 bits per heavy atom. The molecule has 0 spiro atoms. The monoisotopic (exact) mass is 270 g/mol. The molecule has 0 aromatic heterocycles. The second-order valence-corrected chi connectivity index (χ2v) is 6.59. The van der Waals surface area contributed by atoms with Crippen molar-refractivity contribution in [2.45, 2.75) is 70.2 Å². The maximum absolute atomic E-state index is 9.70. The van der Waals surface area contributed by atoms with Crippen molar-refractivity contribution in [1.29, 1.82) is 0 Å². The van der Waals surface area contributed by atoms with Gasteiger partial charge in [-0.1, -0.05) is 6.92 Å². The van der Waals surface area contributed by atoms with Gasteiger partial charge in [0, 0.05) is 30.7 Å². The van der Waals surface area contributed by atoms with Gasteiger partial charge in [-0.25, -0.2) is 0 Å². The maximum Gasteiger partial charge on any atom is 0.0700 e. The SMILES string of the molecule is CCC1CN(C(C)CC(C)(CO)NC2CC2)CCO1. The minimum absolute atomic E-state index is 0.138. The van der Waals surface area contributed by atoms with Gasteiger partial charge in [0.05, 0.1) is 19.3 Å². The fourth-order valence-corrected chi connectivity index (χ4v) is 3.06. The van der Waals surface area contributed by atoms with Gasteiger partial charge < -0.3 is 15.2 Å². The molecule has 0 aromatic rings. The zero-order valence-corrected chi connectivity index (χ0v) is 12.7. The van der Waals surface area contributed by atoms with E-state index >= 15 is 0 Å². The summed E-state index contributed by atoms with van der Waals surface area (Å²) < 4.78 is 5.73. The van der Waals surface area contributed by atoms with Crippen molar-refractivity contribution in [2.75, 3.05) is 26.3 Å². The number of hydrogen-bond acceptors (Lipinski definition) is 4. The van der Waals surface area contributed by atoms with Gasteiger partial charge in [-0.2, -0.15) is 0 Å². The summed E-state index contributed by atoms with van der Waals surface area (Å²) in [6.07, 6.45) is 4.99. The van der Waals surface area contributed by atoms with E-state index in [0.717, 1.165) is 32.5 Å². The van der Waals surface area contributed by atoms with Crippen LogP contribution in [-0.2, 0) is 4.74 Å². The van der Waals surface area contributed by atoms with Crippen molar-refractivity contribution >= 4 is 0 Å². The minimum atomic E-state index is -0.138. The van der Waals surface area contributed by atoms with Crippen LogP contribution >= 0.6 is 0 Å². The van der Waals surface area contributed by atoms with Crippen LogP contribution in [0.5, 0.6) is 0 Å². The molecular formula is C15H30N2O2. The van der Waals surface area contributed by atoms with Crippen molar-refractivity contribution in [3.8, 4) is 0 Å². The number of morpholine rings is 1. The first kappa shape index (κ1) is 15.2. The van der Waals surface area contributed by atoms with Crippen LogP contribution in [0.3, 0.4) is 0 Å². The average Bonchev–Trinajstić information content (AvgIpc) is 3.22. The number of aliphatic hydroxyl groups is 1. The Bertz CT molecular complexity index is 283. The predicted octanol–water partition coefficient (Wildman–Crippen LogP) is 1.38. The molecule has 3 unspecified atom stereocenters. The van der Waals surface area contributed by atoms with Gasteiger partial charge in [-0.15, -0.1) is 0 Å². The molecule has 0 radical (unpaired) electrons. The van der Waals surface area contributed by atoms with Gasteiger partial charge in [-0.3, -0.25) is 4.90 Å². The smallest absolute Gasteiger partial charge is 0.0700 e. The van der Waals surface area contributed by atoms with Crippen LogP contribution in [0, 0.1) is 0 Å². The highest BCUT2D eigenvalue weighted by Gasteiger charge is 2.35. The second kappa shape index (κ2) is 6.53. The number of nitrogens with zero attached hydrogens (tertiary/aromatic N) is 1. The molecule has 0 bridgehead atoms. The molecule has 2 fully saturated rings. The van der Waals surface area contributed by atoms with Crippen LogP contribution in [0.15, 0.2) is 0 Å². The quantitative estimate of drug-likeness (QED) is 0.733. The molecule has 19 heavy (non-hydrogen) atoms. The Hall–Kier alpha value is -0.160. The first-order valence-corrected chi connectivity index (χ1v) is 7.80. The van der Waals surface area contributed by atoms with E-state index < -0.39 is 0 Å². The second-order valence-electron chi connectivity index (χ2n) is 6.59. The number of rotatable bonds is 7. The van der Waals surface area contributed by atoms with Gasteiger partial charge in [0.15, 0.2) is 0 Å². The van der Waals surface area contributed by atoms with Crippen LogP contribution in [-0.4, -0.2) is 60.0 Å². The molecule has 3 atom stereocenters. The highest BCUT2D eigenvalue weighted by atomic mass is 16.5. The van der Waals surface area contributed by atoms with Crippen LogP contribution < -0.4 is 5.32 Å². The van der Waals surface area contributed by atoms with Gasteiger partial charge in [0.1, 0.15) is 0 Å². The summed E-state index contributed by atoms with van der Waals surface area (Å²) in [6.45, 7) is 9.72. The third kappa shape index (κ3) is 4.42. The van der Waals surface area contributed by atoms with Crippen LogP contribution in [0.2, 0.25) is 0 Å². The van der Waals surface area contributed by atoms with E-state index in [2.05, 4.69) is 31.0 Å². The number of nitrogens with one attached hydrogen (secondary N) is 1. The zero-order valence-electron chi connectivity index (χ0n) is 12.7. The molecule has 0 aromatic carbocycles. The molecule has 1 aliphatic heterocycles. The Morgan fingerprint density at radius 3 is 2.79 bits per heavy atom. The Morgan fingerprint density at radius 1 is 1.47 bits per heavy atom. The summed E-state index contributed by atoms with van der Waals surface area (Å²) >= 11 is 0. The van der Waals surface area contributed by atoms with Crippen LogP contribution in [0.1, 0.15) is 46.5 Å². The minimum Gasteiger partial charge on any atom is -0.394 e. The third-order valence-electron chi connectivity index (χ3n) is 4.47. The number of aliphatic hydroxyl groups excluding tert-OH is 1. The molecule has 112 valence electrons. The van der Waals surface area contributed by atoms with Crippen LogP contribution in [0.4, 0.5) is 0 Å². The fraction of sp³-hybridized carbons (Fsp3) is 1.00. The number of hydrogen-bond donors (Lipinski definition) is 2. The van der Waals surface area contributed by atoms with Crippen molar-refractivity contribution in [2.24, 2.45) is 0 Å². The first-order chi connectivity index (χ1) is 9.06. The molecule has 2 N–H and O–H groups in total. The van der Waals surface area contributed by atoms with E-state index in [9.17, 15) is 5.11 Å². The first-order valence-electron chi connectivity index (χ1n) is 7.80. The lowest BCUT2D eigenvalue weighted by atomic mass is 9.93. The average molecular weight is 270 g/mol. The highest BCUT2D eigenvalue weighted by molar-refractivity contribution is 4.94. The van der Waals surface area contributed by atoms with E-state index in [0.29, 0.717) is 18.2 Å². The summed E-state index contributed by atoms with van der Waals surface area (Å²) in [5, 5.41) is 13.3. The van der Waals surface area contributed by atoms with E-state index in [-0.39, 0.29) is 12.1 Å². The Labute approximate surface area is 117 Å². The highest BCUT2D eigenvalue weighted by Crippen LogP contribution is 2.26. The molecular weight excluding hydrogens is 240 g/mol. The molecule has 1 saturated carbocycles. The molecule has 4 nitrogen and oxygen atoms in total. The summed E-state index contributed by atoms with van der Waals surface area (Å²) in [5.74, 6) is 0. The van der Waals surface area contributed by atoms with Crippen molar-refractivity contribution in [3.05, 3.63) is 0 Å². The van der Waals surface area contributed by atoms with Crippen molar-refractivity contribution in [1.82, 2.24) is 10.2 Å². The van der Waals surface area contributed by atoms with E-state index in [1.807, 2.05) is 0 Å². The largest absolute Gasteiger partial charge is 0.394 e. The molecule has 1 heterocycles. The van der Waals surface area contributed by atoms with Crippen LogP contribution in [0.25, 0.3) is 0 Å². The number of ether oxygens (including phenoxy) is 1. The van der Waals surface area contributed by atoms with Crippen molar-refractivity contribution < 1.29 is 9.84 Å². The molecule has 1 saturated heterocycles. The zero-order chi connectivity index (χ0) is 13.9. The maximum atomic E-state index is 9.70. The van der Waals surface area contributed by atoms with Gasteiger partial charge in [-0.05, 0) is 39.5 Å². The van der Waals surface area contributed by atoms with Crippen molar-refractivity contribution in [3.63, 3.8) is 0 Å². The molecule has 2 aliphatic rings. The topological polar surface area (TPSA) is 44.7 Å². The normalized spacial score (nSPS) is 30.0. The van der Waals surface area contributed by atoms with E-state index in [4.69, 9.17) is 4.74 Å². The molecule has 1 aliphatic carbocycles. The van der Waals surface area contributed by atoms with Gasteiger partial charge in [0.2, 0.25) is 0 Å². The molecule has 0 amide bonds. The fourth-order valence-electron chi connectivity index (χ4n) is 3.06. The van der Waals surface area contributed by atoms with Gasteiger partial charge in [0.25, 0.3) is 0 Å². The summed E-state index contributed by atoms with van der Waals surface area (Å²) in [7, 11) is 0. The Balaban J connectivity index is 1.85. The molecule has 4 heteroatoms. The lowest BCUT2D eigenvalue weighted by Gasteiger charge is -2.40. The van der Waals surface area contributed by atoms with Gasteiger partial charge >= 0.3 is 0 Å². The van der Waals surface area contributed by atoms with E-state index in [1.54, 1.807) is 0 Å². The predicted molar refractivity (Wildman–Crippen MR) is 77.3 cm³/mol. The standard InChI is InChI=1S/C15H30N2O2/c1-4-14-10-17(7-8-19-14)12(2)9-15(3,11-18)16-13-5-6-13/h12-14,16,18H,4-11H2,1-3H3. The Kier molecular flexibility index (Phi) is 5.23. The summed E-state index contributed by atoms with van der Waals surface area (Å²) in [5.41, 5.74) is -0.138. The van der Waals surface area contributed by atoms with E-state index in [1.165, 1.54) is 12.8 Å². The summed E-state index contributed by atoms with van der Waals surface area (Å²) in [6, 6.07) is 1.12. The summed E-state index contributed by atoms with van der Waals surface area (Å²) in [4.78, 5) is 2.51.